The lowest BCUT2D eigenvalue weighted by atomic mass is 9.44. The van der Waals surface area contributed by atoms with Crippen LogP contribution in [-0.4, -0.2) is 33.5 Å². The number of rotatable bonds is 2. The van der Waals surface area contributed by atoms with E-state index in [9.17, 15) is 20.1 Å². The Morgan fingerprint density at radius 3 is 2.50 bits per heavy atom. The van der Waals surface area contributed by atoms with Crippen LogP contribution in [0.2, 0.25) is 0 Å². The van der Waals surface area contributed by atoms with Crippen LogP contribution in [0.1, 0.15) is 52.9 Å². The van der Waals surface area contributed by atoms with E-state index >= 15 is 0 Å². The third-order valence-corrected chi connectivity index (χ3v) is 7.61. The Bertz CT molecular complexity index is 596. The Hall–Kier alpha value is -1.13. The summed E-state index contributed by atoms with van der Waals surface area (Å²) in [5.41, 5.74) is -0.426. The highest BCUT2D eigenvalue weighted by Crippen LogP contribution is 2.64. The molecule has 0 aromatic carbocycles. The Labute approximate surface area is 144 Å². The number of hydrogen-bond donors (Lipinski definition) is 3. The van der Waals surface area contributed by atoms with Gasteiger partial charge in [0.25, 0.3) is 0 Å². The normalized spacial score (nSPS) is 51.1. The van der Waals surface area contributed by atoms with E-state index in [1.807, 2.05) is 6.08 Å². The number of carboxylic acid groups (broad SMARTS) is 1. The standard InChI is InChI=1S/C20H30O4/c1-5-18(2)8-6-13-12(11-18)14(21)10-15-19(13,3)9-7-16(22)20(15,4)17(23)24/h5,11,13-16,21-22H,1,6-10H2,2-4H3,(H,23,24)/t13?,14-,15-,16+,18+,19-,20+/m1/s1. The lowest BCUT2D eigenvalue weighted by Gasteiger charge is -2.61. The molecule has 2 fully saturated rings. The molecular weight excluding hydrogens is 304 g/mol. The maximum Gasteiger partial charge on any atom is 0.312 e. The van der Waals surface area contributed by atoms with E-state index < -0.39 is 23.6 Å². The SMILES string of the molecule is C=C[C@]1(C)C=C2C(CC1)[C@@]1(C)CC[C@H](O)[C@@](C)(C(=O)O)[C@@H]1C[C@H]2O. The van der Waals surface area contributed by atoms with Crippen molar-refractivity contribution in [2.45, 2.75) is 65.1 Å². The van der Waals surface area contributed by atoms with E-state index in [2.05, 4.69) is 26.5 Å². The zero-order valence-corrected chi connectivity index (χ0v) is 15.0. The molecule has 1 unspecified atom stereocenters. The third-order valence-electron chi connectivity index (χ3n) is 7.61. The van der Waals surface area contributed by atoms with Gasteiger partial charge in [-0.2, -0.15) is 0 Å². The number of carbonyl (C=O) groups is 1. The predicted molar refractivity (Wildman–Crippen MR) is 92.3 cm³/mol. The fraction of sp³-hybridized carbons (Fsp3) is 0.750. The van der Waals surface area contributed by atoms with Crippen LogP contribution >= 0.6 is 0 Å². The second kappa shape index (κ2) is 5.43. The number of aliphatic hydroxyl groups is 2. The molecule has 0 spiro atoms. The van der Waals surface area contributed by atoms with E-state index in [0.717, 1.165) is 24.8 Å². The highest BCUT2D eigenvalue weighted by Gasteiger charge is 2.63. The van der Waals surface area contributed by atoms with Crippen LogP contribution < -0.4 is 0 Å². The maximum absolute atomic E-state index is 12.0. The molecule has 0 amide bonds. The molecule has 4 heteroatoms. The van der Waals surface area contributed by atoms with Gasteiger partial charge in [0.15, 0.2) is 0 Å². The van der Waals surface area contributed by atoms with Crippen molar-refractivity contribution in [2.75, 3.05) is 0 Å². The number of aliphatic carboxylic acids is 1. The van der Waals surface area contributed by atoms with Gasteiger partial charge in [-0.1, -0.05) is 26.0 Å². The topological polar surface area (TPSA) is 77.8 Å². The lowest BCUT2D eigenvalue weighted by Crippen LogP contribution is -2.61. The highest BCUT2D eigenvalue weighted by molar-refractivity contribution is 5.76. The molecule has 3 aliphatic rings. The van der Waals surface area contributed by atoms with Crippen LogP contribution in [0.4, 0.5) is 0 Å². The summed E-state index contributed by atoms with van der Waals surface area (Å²) in [4.78, 5) is 12.0. The first-order chi connectivity index (χ1) is 11.1. The first-order valence-corrected chi connectivity index (χ1v) is 9.04. The van der Waals surface area contributed by atoms with Gasteiger partial charge in [0.05, 0.1) is 17.6 Å². The fourth-order valence-electron chi connectivity index (χ4n) is 5.80. The molecule has 2 saturated carbocycles. The van der Waals surface area contributed by atoms with E-state index in [1.165, 1.54) is 0 Å². The molecule has 134 valence electrons. The first-order valence-electron chi connectivity index (χ1n) is 9.04. The average Bonchev–Trinajstić information content (AvgIpc) is 2.54. The zero-order valence-electron chi connectivity index (χ0n) is 15.0. The molecule has 7 atom stereocenters. The molecule has 0 aromatic heterocycles. The molecule has 3 N–H and O–H groups in total. The molecule has 0 aromatic rings. The Kier molecular flexibility index (Phi) is 4.00. The Balaban J connectivity index is 2.07. The largest absolute Gasteiger partial charge is 0.481 e. The lowest BCUT2D eigenvalue weighted by molar-refractivity contribution is -0.188. The van der Waals surface area contributed by atoms with Gasteiger partial charge in [-0.15, -0.1) is 6.58 Å². The van der Waals surface area contributed by atoms with Crippen LogP contribution in [0.3, 0.4) is 0 Å². The molecule has 0 saturated heterocycles. The van der Waals surface area contributed by atoms with E-state index in [4.69, 9.17) is 0 Å². The van der Waals surface area contributed by atoms with Crippen LogP contribution in [-0.2, 0) is 4.79 Å². The molecule has 0 bridgehead atoms. The van der Waals surface area contributed by atoms with Gasteiger partial charge in [0.1, 0.15) is 0 Å². The summed E-state index contributed by atoms with van der Waals surface area (Å²) in [5, 5.41) is 31.1. The molecule has 24 heavy (non-hydrogen) atoms. The molecule has 4 nitrogen and oxygen atoms in total. The van der Waals surface area contributed by atoms with Gasteiger partial charge >= 0.3 is 5.97 Å². The average molecular weight is 334 g/mol. The molecule has 0 radical (unpaired) electrons. The van der Waals surface area contributed by atoms with Gasteiger partial charge in [0, 0.05) is 5.41 Å². The van der Waals surface area contributed by atoms with Crippen molar-refractivity contribution in [3.63, 3.8) is 0 Å². The monoisotopic (exact) mass is 334 g/mol. The van der Waals surface area contributed by atoms with Crippen LogP contribution in [0.25, 0.3) is 0 Å². The zero-order chi connectivity index (χ0) is 17.9. The van der Waals surface area contributed by atoms with Crippen molar-refractivity contribution in [2.24, 2.45) is 28.1 Å². The summed E-state index contributed by atoms with van der Waals surface area (Å²) in [6.07, 6.45) is 6.26. The maximum atomic E-state index is 12.0. The van der Waals surface area contributed by atoms with Crippen LogP contribution in [0.15, 0.2) is 24.3 Å². The molecular formula is C20H30O4. The van der Waals surface area contributed by atoms with Crippen molar-refractivity contribution in [1.82, 2.24) is 0 Å². The van der Waals surface area contributed by atoms with Gasteiger partial charge in [0.2, 0.25) is 0 Å². The number of hydrogen-bond acceptors (Lipinski definition) is 3. The predicted octanol–water partition coefficient (Wildman–Crippen LogP) is 3.15. The summed E-state index contributed by atoms with van der Waals surface area (Å²) >= 11 is 0. The van der Waals surface area contributed by atoms with Crippen molar-refractivity contribution in [3.05, 3.63) is 24.3 Å². The number of carboxylic acids is 1. The van der Waals surface area contributed by atoms with Crippen LogP contribution in [0.5, 0.6) is 0 Å². The second-order valence-corrected chi connectivity index (χ2v) is 8.90. The van der Waals surface area contributed by atoms with Gasteiger partial charge < -0.3 is 15.3 Å². The summed E-state index contributed by atoms with van der Waals surface area (Å²) in [7, 11) is 0. The minimum atomic E-state index is -1.20. The fourth-order valence-corrected chi connectivity index (χ4v) is 5.80. The molecule has 0 heterocycles. The molecule has 3 aliphatic carbocycles. The summed E-state index contributed by atoms with van der Waals surface area (Å²) in [6, 6.07) is 0. The van der Waals surface area contributed by atoms with E-state index in [0.29, 0.717) is 12.8 Å². The van der Waals surface area contributed by atoms with Gasteiger partial charge in [-0.25, -0.2) is 0 Å². The van der Waals surface area contributed by atoms with Crippen molar-refractivity contribution in [1.29, 1.82) is 0 Å². The highest BCUT2D eigenvalue weighted by atomic mass is 16.4. The minimum absolute atomic E-state index is 0.0969. The number of allylic oxidation sites excluding steroid dienone is 2. The van der Waals surface area contributed by atoms with E-state index in [-0.39, 0.29) is 22.7 Å². The smallest absolute Gasteiger partial charge is 0.312 e. The van der Waals surface area contributed by atoms with Gasteiger partial charge in [-0.05, 0) is 61.9 Å². The first kappa shape index (κ1) is 17.7. The molecule has 3 rings (SSSR count). The summed E-state index contributed by atoms with van der Waals surface area (Å²) < 4.78 is 0. The van der Waals surface area contributed by atoms with E-state index in [1.54, 1.807) is 6.92 Å². The molecule has 0 aliphatic heterocycles. The van der Waals surface area contributed by atoms with Crippen molar-refractivity contribution in [3.8, 4) is 0 Å². The van der Waals surface area contributed by atoms with Crippen molar-refractivity contribution >= 4 is 5.97 Å². The second-order valence-electron chi connectivity index (χ2n) is 8.90. The Morgan fingerprint density at radius 2 is 1.92 bits per heavy atom. The van der Waals surface area contributed by atoms with Crippen molar-refractivity contribution < 1.29 is 20.1 Å². The third kappa shape index (κ3) is 2.22. The Morgan fingerprint density at radius 1 is 1.25 bits per heavy atom. The summed E-state index contributed by atoms with van der Waals surface area (Å²) in [5.74, 6) is -0.987. The van der Waals surface area contributed by atoms with Gasteiger partial charge in [-0.3, -0.25) is 4.79 Å². The number of aliphatic hydroxyl groups excluding tert-OH is 2. The minimum Gasteiger partial charge on any atom is -0.481 e. The summed E-state index contributed by atoms with van der Waals surface area (Å²) in [6.45, 7) is 9.91. The number of fused-ring (bicyclic) bond motifs is 3. The van der Waals surface area contributed by atoms with Crippen LogP contribution in [0, 0.1) is 28.1 Å². The quantitative estimate of drug-likeness (QED) is 0.678.